The van der Waals surface area contributed by atoms with Gasteiger partial charge in [-0.2, -0.15) is 0 Å². The first kappa shape index (κ1) is 22.5. The van der Waals surface area contributed by atoms with Crippen LogP contribution in [0.1, 0.15) is 34.3 Å². The molecule has 2 amide bonds. The summed E-state index contributed by atoms with van der Waals surface area (Å²) in [6.07, 6.45) is -0.707. The topological polar surface area (TPSA) is 105 Å². The van der Waals surface area contributed by atoms with Crippen molar-refractivity contribution in [3.63, 3.8) is 0 Å². The number of carboxylic acids is 1. The molecular formula is C25H21BrN2O5. The molecule has 0 unspecified atom stereocenters. The number of alkyl carbamates (subject to hydrolysis) is 1. The number of benzene rings is 3. The molecule has 8 heteroatoms. The molecule has 4 rings (SSSR count). The minimum Gasteiger partial charge on any atom is -0.478 e. The van der Waals surface area contributed by atoms with Gasteiger partial charge in [-0.3, -0.25) is 4.79 Å². The Bertz CT molecular complexity index is 1200. The predicted molar refractivity (Wildman–Crippen MR) is 127 cm³/mol. The van der Waals surface area contributed by atoms with Gasteiger partial charge in [-0.15, -0.1) is 0 Å². The van der Waals surface area contributed by atoms with E-state index in [-0.39, 0.29) is 18.1 Å². The van der Waals surface area contributed by atoms with Gasteiger partial charge in [-0.1, -0.05) is 48.5 Å². The van der Waals surface area contributed by atoms with Crippen LogP contribution >= 0.6 is 15.9 Å². The van der Waals surface area contributed by atoms with Crippen LogP contribution < -0.4 is 10.6 Å². The van der Waals surface area contributed by atoms with Crippen LogP contribution in [0, 0.1) is 0 Å². The van der Waals surface area contributed by atoms with Crippen molar-refractivity contribution >= 4 is 39.6 Å². The van der Waals surface area contributed by atoms with Gasteiger partial charge < -0.3 is 20.5 Å². The highest BCUT2D eigenvalue weighted by Gasteiger charge is 2.29. The van der Waals surface area contributed by atoms with E-state index in [4.69, 9.17) is 4.74 Å². The maximum atomic E-state index is 12.5. The lowest BCUT2D eigenvalue weighted by Gasteiger charge is -2.17. The number of amides is 2. The standard InChI is InChI=1S/C25H21BrN2O5/c1-14(23(29)28-15-10-11-22(26)20(12-15)24(30)31)27-25(32)33-13-21-18-8-4-2-6-16(18)17-7-3-5-9-19(17)21/h2-12,14,21H,13H2,1H3,(H,27,32)(H,28,29)(H,30,31)/t14-/m1/s1. The van der Waals surface area contributed by atoms with Gasteiger partial charge >= 0.3 is 12.1 Å². The van der Waals surface area contributed by atoms with Crippen LogP contribution in [0.2, 0.25) is 0 Å². The molecule has 0 fully saturated rings. The van der Waals surface area contributed by atoms with E-state index in [1.54, 1.807) is 6.07 Å². The summed E-state index contributed by atoms with van der Waals surface area (Å²) in [5, 5.41) is 14.3. The SMILES string of the molecule is C[C@@H](NC(=O)OCC1c2ccccc2-c2ccccc21)C(=O)Nc1ccc(Br)c(C(=O)O)c1. The van der Waals surface area contributed by atoms with Crippen molar-refractivity contribution in [3.05, 3.63) is 87.9 Å². The number of nitrogens with one attached hydrogen (secondary N) is 2. The highest BCUT2D eigenvalue weighted by molar-refractivity contribution is 9.10. The Balaban J connectivity index is 1.36. The van der Waals surface area contributed by atoms with Crippen molar-refractivity contribution in [2.75, 3.05) is 11.9 Å². The Morgan fingerprint density at radius 3 is 2.21 bits per heavy atom. The number of hydrogen-bond acceptors (Lipinski definition) is 4. The fourth-order valence-corrected chi connectivity index (χ4v) is 4.32. The second-order valence-corrected chi connectivity index (χ2v) is 8.53. The molecule has 0 aromatic heterocycles. The van der Waals surface area contributed by atoms with Crippen LogP contribution in [0.3, 0.4) is 0 Å². The summed E-state index contributed by atoms with van der Waals surface area (Å²) in [5.74, 6) is -1.70. The lowest BCUT2D eigenvalue weighted by Crippen LogP contribution is -2.42. The van der Waals surface area contributed by atoms with Crippen molar-refractivity contribution in [3.8, 4) is 11.1 Å². The maximum absolute atomic E-state index is 12.5. The van der Waals surface area contributed by atoms with E-state index < -0.39 is 24.0 Å². The quantitative estimate of drug-likeness (QED) is 0.433. The number of aromatic carboxylic acids is 1. The van der Waals surface area contributed by atoms with E-state index in [1.807, 2.05) is 36.4 Å². The molecule has 0 spiro atoms. The molecule has 0 radical (unpaired) electrons. The molecule has 33 heavy (non-hydrogen) atoms. The van der Waals surface area contributed by atoms with Gasteiger partial charge in [0.25, 0.3) is 0 Å². The Hall–Kier alpha value is -3.65. The lowest BCUT2D eigenvalue weighted by atomic mass is 9.98. The van der Waals surface area contributed by atoms with E-state index in [9.17, 15) is 19.5 Å². The molecule has 168 valence electrons. The number of carbonyl (C=O) groups is 3. The van der Waals surface area contributed by atoms with E-state index in [2.05, 4.69) is 38.7 Å². The first-order valence-electron chi connectivity index (χ1n) is 10.3. The van der Waals surface area contributed by atoms with Crippen LogP contribution in [-0.2, 0) is 9.53 Å². The summed E-state index contributed by atoms with van der Waals surface area (Å²) in [6.45, 7) is 1.66. The van der Waals surface area contributed by atoms with Crippen LogP contribution in [0.5, 0.6) is 0 Å². The highest BCUT2D eigenvalue weighted by atomic mass is 79.9. The van der Waals surface area contributed by atoms with Crippen LogP contribution in [0.4, 0.5) is 10.5 Å². The summed E-state index contributed by atoms with van der Waals surface area (Å²) < 4.78 is 5.86. The minimum atomic E-state index is -1.12. The van der Waals surface area contributed by atoms with Crippen molar-refractivity contribution < 1.29 is 24.2 Å². The van der Waals surface area contributed by atoms with Gasteiger partial charge in [0.05, 0.1) is 5.56 Å². The van der Waals surface area contributed by atoms with Crippen LogP contribution in [0.15, 0.2) is 71.2 Å². The van der Waals surface area contributed by atoms with Crippen LogP contribution in [-0.4, -0.2) is 35.7 Å². The Kier molecular flexibility index (Phi) is 6.46. The fraction of sp³-hybridized carbons (Fsp3) is 0.160. The molecule has 3 N–H and O–H groups in total. The first-order valence-corrected chi connectivity index (χ1v) is 11.1. The van der Waals surface area contributed by atoms with E-state index in [0.29, 0.717) is 10.2 Å². The molecule has 1 aliphatic carbocycles. The Morgan fingerprint density at radius 2 is 1.61 bits per heavy atom. The molecule has 7 nitrogen and oxygen atoms in total. The number of halogens is 1. The van der Waals surface area contributed by atoms with Gasteiger partial charge in [-0.05, 0) is 63.3 Å². The molecular weight excluding hydrogens is 488 g/mol. The van der Waals surface area contributed by atoms with E-state index >= 15 is 0 Å². The largest absolute Gasteiger partial charge is 0.478 e. The first-order chi connectivity index (χ1) is 15.8. The molecule has 0 bridgehead atoms. The number of anilines is 1. The van der Waals surface area contributed by atoms with E-state index in [1.165, 1.54) is 19.1 Å². The smallest absolute Gasteiger partial charge is 0.407 e. The normalized spacial score (nSPS) is 12.9. The summed E-state index contributed by atoms with van der Waals surface area (Å²) in [5.41, 5.74) is 4.78. The molecule has 0 heterocycles. The number of hydrogen-bond donors (Lipinski definition) is 3. The number of fused-ring (bicyclic) bond motifs is 3. The molecule has 3 aromatic rings. The van der Waals surface area contributed by atoms with Gasteiger partial charge in [0, 0.05) is 16.1 Å². The zero-order chi connectivity index (χ0) is 23.5. The Morgan fingerprint density at radius 1 is 1.00 bits per heavy atom. The van der Waals surface area contributed by atoms with Crippen molar-refractivity contribution in [1.29, 1.82) is 0 Å². The lowest BCUT2D eigenvalue weighted by molar-refractivity contribution is -0.117. The number of carboxylic acid groups (broad SMARTS) is 1. The molecule has 0 saturated heterocycles. The predicted octanol–water partition coefficient (Wildman–Crippen LogP) is 5.01. The second kappa shape index (κ2) is 9.46. The zero-order valence-electron chi connectivity index (χ0n) is 17.7. The third kappa shape index (κ3) is 4.75. The molecule has 0 saturated carbocycles. The van der Waals surface area contributed by atoms with E-state index in [0.717, 1.165) is 22.3 Å². The van der Waals surface area contributed by atoms with Crippen molar-refractivity contribution in [2.45, 2.75) is 18.9 Å². The Labute approximate surface area is 198 Å². The highest BCUT2D eigenvalue weighted by Crippen LogP contribution is 2.44. The monoisotopic (exact) mass is 508 g/mol. The number of ether oxygens (including phenoxy) is 1. The average Bonchev–Trinajstić information content (AvgIpc) is 3.12. The van der Waals surface area contributed by atoms with Gasteiger partial charge in [0.2, 0.25) is 5.91 Å². The number of rotatable bonds is 6. The van der Waals surface area contributed by atoms with Crippen molar-refractivity contribution in [1.82, 2.24) is 5.32 Å². The molecule has 1 atom stereocenters. The average molecular weight is 509 g/mol. The minimum absolute atomic E-state index is 0.0185. The van der Waals surface area contributed by atoms with Gasteiger partial charge in [0.15, 0.2) is 0 Å². The molecule has 1 aliphatic rings. The second-order valence-electron chi connectivity index (χ2n) is 7.68. The fourth-order valence-electron chi connectivity index (χ4n) is 3.90. The zero-order valence-corrected chi connectivity index (χ0v) is 19.3. The number of carbonyl (C=O) groups excluding carboxylic acids is 2. The summed E-state index contributed by atoms with van der Waals surface area (Å²) in [4.78, 5) is 36.1. The summed E-state index contributed by atoms with van der Waals surface area (Å²) >= 11 is 3.16. The third-order valence-electron chi connectivity index (χ3n) is 5.54. The third-order valence-corrected chi connectivity index (χ3v) is 6.23. The summed E-state index contributed by atoms with van der Waals surface area (Å²) in [7, 11) is 0. The molecule has 0 aliphatic heterocycles. The summed E-state index contributed by atoms with van der Waals surface area (Å²) in [6, 6.07) is 19.6. The van der Waals surface area contributed by atoms with Gasteiger partial charge in [-0.25, -0.2) is 9.59 Å². The van der Waals surface area contributed by atoms with Crippen LogP contribution in [0.25, 0.3) is 11.1 Å². The molecule has 3 aromatic carbocycles. The van der Waals surface area contributed by atoms with Crippen molar-refractivity contribution in [2.24, 2.45) is 0 Å². The maximum Gasteiger partial charge on any atom is 0.407 e. The van der Waals surface area contributed by atoms with Gasteiger partial charge in [0.1, 0.15) is 12.6 Å².